The van der Waals surface area contributed by atoms with E-state index >= 15 is 0 Å². The number of anilines is 1. The standard InChI is InChI=1S/C18H17N5O3/c1-10-7-25-18(26-10)17(9-20)14(16(17,8-19)15(21)23-18)12-3-5-13(6-4-12)22-11(2)24/h3-6,10,14H,7H2,1-2H3,(H2,21,23)(H,22,24). The summed E-state index contributed by atoms with van der Waals surface area (Å²) in [5.41, 5.74) is 4.85. The predicted molar refractivity (Wildman–Crippen MR) is 90.4 cm³/mol. The van der Waals surface area contributed by atoms with Crippen molar-refractivity contribution < 1.29 is 14.3 Å². The molecule has 2 fully saturated rings. The van der Waals surface area contributed by atoms with E-state index in [0.29, 0.717) is 5.69 Å². The lowest BCUT2D eigenvalue weighted by Crippen LogP contribution is -2.39. The molecule has 4 rings (SSSR count). The van der Waals surface area contributed by atoms with E-state index in [-0.39, 0.29) is 24.5 Å². The SMILES string of the molecule is CC(=O)Nc1ccc(C2C3(C#N)C(N)=NC4(OCC(C)O4)C23C#N)cc1. The smallest absolute Gasteiger partial charge is 0.293 e. The lowest BCUT2D eigenvalue weighted by molar-refractivity contribution is -0.193. The molecular weight excluding hydrogens is 334 g/mol. The van der Waals surface area contributed by atoms with Gasteiger partial charge in [0.15, 0.2) is 5.41 Å². The molecule has 5 unspecified atom stereocenters. The Bertz CT molecular complexity index is 914. The summed E-state index contributed by atoms with van der Waals surface area (Å²) >= 11 is 0. The monoisotopic (exact) mass is 351 g/mol. The summed E-state index contributed by atoms with van der Waals surface area (Å²) in [5.74, 6) is -2.20. The number of hydrogen-bond acceptors (Lipinski definition) is 7. The molecule has 5 atom stereocenters. The number of amides is 1. The molecule has 3 N–H and O–H groups in total. The van der Waals surface area contributed by atoms with Gasteiger partial charge in [0, 0.05) is 18.5 Å². The van der Waals surface area contributed by atoms with Crippen molar-refractivity contribution in [3.05, 3.63) is 29.8 Å². The fraction of sp³-hybridized carbons (Fsp3) is 0.444. The van der Waals surface area contributed by atoms with E-state index in [0.717, 1.165) is 5.56 Å². The number of fused-ring (bicyclic) bond motifs is 2. The van der Waals surface area contributed by atoms with Crippen molar-refractivity contribution in [2.24, 2.45) is 21.6 Å². The molecule has 0 bridgehead atoms. The third-order valence-corrected chi connectivity index (χ3v) is 5.37. The fourth-order valence-electron chi connectivity index (χ4n) is 4.32. The maximum absolute atomic E-state index is 11.2. The van der Waals surface area contributed by atoms with Gasteiger partial charge in [0.1, 0.15) is 11.3 Å². The number of carbonyl (C=O) groups is 1. The lowest BCUT2D eigenvalue weighted by atomic mass is 9.94. The van der Waals surface area contributed by atoms with E-state index < -0.39 is 22.7 Å². The third-order valence-electron chi connectivity index (χ3n) is 5.37. The molecule has 8 heteroatoms. The van der Waals surface area contributed by atoms with E-state index in [9.17, 15) is 15.3 Å². The number of hydrogen-bond donors (Lipinski definition) is 2. The molecule has 1 aromatic carbocycles. The Balaban J connectivity index is 1.79. The Kier molecular flexibility index (Phi) is 3.20. The molecule has 1 aliphatic carbocycles. The quantitative estimate of drug-likeness (QED) is 0.823. The van der Waals surface area contributed by atoms with Crippen molar-refractivity contribution in [1.29, 1.82) is 10.5 Å². The molecule has 0 radical (unpaired) electrons. The Hall–Kier alpha value is -2.94. The largest absolute Gasteiger partial charge is 0.386 e. The minimum Gasteiger partial charge on any atom is -0.386 e. The molecule has 0 aromatic heterocycles. The molecular formula is C18H17N5O3. The van der Waals surface area contributed by atoms with Crippen molar-refractivity contribution in [2.75, 3.05) is 11.9 Å². The fourth-order valence-corrected chi connectivity index (χ4v) is 4.32. The highest BCUT2D eigenvalue weighted by Gasteiger charge is 2.94. The Morgan fingerprint density at radius 2 is 2.04 bits per heavy atom. The van der Waals surface area contributed by atoms with Gasteiger partial charge in [-0.25, -0.2) is 4.99 Å². The van der Waals surface area contributed by atoms with Crippen LogP contribution in [0.4, 0.5) is 5.69 Å². The number of nitrogens with one attached hydrogen (secondary N) is 1. The van der Waals surface area contributed by atoms with Crippen molar-refractivity contribution >= 4 is 17.4 Å². The number of benzene rings is 1. The van der Waals surface area contributed by atoms with Gasteiger partial charge < -0.3 is 20.5 Å². The van der Waals surface area contributed by atoms with Crippen molar-refractivity contribution in [2.45, 2.75) is 31.8 Å². The average Bonchev–Trinajstić information content (AvgIpc) is 2.99. The lowest BCUT2D eigenvalue weighted by Gasteiger charge is -2.26. The summed E-state index contributed by atoms with van der Waals surface area (Å²) in [6, 6.07) is 11.4. The first-order chi connectivity index (χ1) is 12.4. The van der Waals surface area contributed by atoms with Gasteiger partial charge in [-0.3, -0.25) is 4.79 Å². The summed E-state index contributed by atoms with van der Waals surface area (Å²) in [5, 5.41) is 22.7. The molecule has 1 spiro atoms. The van der Waals surface area contributed by atoms with E-state index in [1.54, 1.807) is 24.3 Å². The summed E-state index contributed by atoms with van der Waals surface area (Å²) in [7, 11) is 0. The van der Waals surface area contributed by atoms with Crippen LogP contribution >= 0.6 is 0 Å². The number of nitrogens with zero attached hydrogens (tertiary/aromatic N) is 3. The van der Waals surface area contributed by atoms with E-state index in [1.807, 2.05) is 6.92 Å². The molecule has 1 aromatic rings. The van der Waals surface area contributed by atoms with Crippen LogP contribution in [-0.2, 0) is 14.3 Å². The highest BCUT2D eigenvalue weighted by atomic mass is 16.8. The summed E-state index contributed by atoms with van der Waals surface area (Å²) in [6.07, 6.45) is -0.255. The van der Waals surface area contributed by atoms with Crippen LogP contribution in [0.15, 0.2) is 29.3 Å². The molecule has 2 heterocycles. The summed E-state index contributed by atoms with van der Waals surface area (Å²) in [4.78, 5) is 15.4. The second kappa shape index (κ2) is 5.04. The van der Waals surface area contributed by atoms with Crippen LogP contribution in [0.1, 0.15) is 25.3 Å². The Labute approximate surface area is 150 Å². The van der Waals surface area contributed by atoms with Gasteiger partial charge in [0.05, 0.1) is 24.8 Å². The van der Waals surface area contributed by atoms with Crippen molar-refractivity contribution in [3.8, 4) is 12.1 Å². The second-order valence-electron chi connectivity index (χ2n) is 6.89. The van der Waals surface area contributed by atoms with Crippen molar-refractivity contribution in [1.82, 2.24) is 0 Å². The molecule has 8 nitrogen and oxygen atoms in total. The van der Waals surface area contributed by atoms with Crippen LogP contribution in [0, 0.1) is 33.5 Å². The minimum atomic E-state index is -1.55. The number of nitriles is 2. The minimum absolute atomic E-state index is 0.0617. The molecule has 26 heavy (non-hydrogen) atoms. The van der Waals surface area contributed by atoms with E-state index in [1.165, 1.54) is 6.92 Å². The predicted octanol–water partition coefficient (Wildman–Crippen LogP) is 1.22. The molecule has 2 aliphatic heterocycles. The Morgan fingerprint density at radius 1 is 1.35 bits per heavy atom. The van der Waals surface area contributed by atoms with E-state index in [4.69, 9.17) is 15.2 Å². The van der Waals surface area contributed by atoms with Crippen LogP contribution in [0.3, 0.4) is 0 Å². The number of aliphatic imine (C=N–C) groups is 1. The second-order valence-corrected chi connectivity index (χ2v) is 6.89. The topological polar surface area (TPSA) is 134 Å². The van der Waals surface area contributed by atoms with Gasteiger partial charge in [0.25, 0.3) is 5.91 Å². The first-order valence-corrected chi connectivity index (χ1v) is 8.24. The zero-order chi connectivity index (χ0) is 18.7. The number of carbonyl (C=O) groups excluding carboxylic acids is 1. The summed E-state index contributed by atoms with van der Waals surface area (Å²) < 4.78 is 11.6. The van der Waals surface area contributed by atoms with Gasteiger partial charge in [-0.05, 0) is 24.6 Å². The highest BCUT2D eigenvalue weighted by molar-refractivity contribution is 6.00. The van der Waals surface area contributed by atoms with Gasteiger partial charge in [-0.1, -0.05) is 12.1 Å². The number of amidine groups is 1. The number of rotatable bonds is 2. The molecule has 1 saturated heterocycles. The van der Waals surface area contributed by atoms with Gasteiger partial charge in [-0.2, -0.15) is 10.5 Å². The summed E-state index contributed by atoms with van der Waals surface area (Å²) in [6.45, 7) is 3.51. The average molecular weight is 351 g/mol. The van der Waals surface area contributed by atoms with Crippen molar-refractivity contribution in [3.63, 3.8) is 0 Å². The zero-order valence-electron chi connectivity index (χ0n) is 14.3. The Morgan fingerprint density at radius 3 is 2.54 bits per heavy atom. The van der Waals surface area contributed by atoms with Crippen LogP contribution in [0.25, 0.3) is 0 Å². The normalized spacial score (nSPS) is 39.6. The van der Waals surface area contributed by atoms with Crippen LogP contribution in [0.2, 0.25) is 0 Å². The third kappa shape index (κ3) is 1.68. The molecule has 132 valence electrons. The van der Waals surface area contributed by atoms with E-state index in [2.05, 4.69) is 22.4 Å². The maximum Gasteiger partial charge on any atom is 0.293 e. The molecule has 1 amide bonds. The first kappa shape index (κ1) is 16.5. The maximum atomic E-state index is 11.2. The van der Waals surface area contributed by atoms with Gasteiger partial charge >= 0.3 is 0 Å². The highest BCUT2D eigenvalue weighted by Crippen LogP contribution is 2.82. The number of nitrogens with two attached hydrogens (primary N) is 1. The van der Waals surface area contributed by atoms with Crippen LogP contribution in [-0.4, -0.2) is 30.4 Å². The zero-order valence-corrected chi connectivity index (χ0v) is 14.3. The molecule has 1 saturated carbocycles. The number of ether oxygens (including phenoxy) is 2. The van der Waals surface area contributed by atoms with Crippen LogP contribution in [0.5, 0.6) is 0 Å². The van der Waals surface area contributed by atoms with Gasteiger partial charge in [-0.15, -0.1) is 0 Å². The molecule has 3 aliphatic rings. The first-order valence-electron chi connectivity index (χ1n) is 8.24. The van der Waals surface area contributed by atoms with Gasteiger partial charge in [0.2, 0.25) is 5.91 Å². The van der Waals surface area contributed by atoms with Crippen LogP contribution < -0.4 is 11.1 Å².